The van der Waals surface area contributed by atoms with Crippen molar-refractivity contribution in [2.45, 2.75) is 69.8 Å². The maximum Gasteiger partial charge on any atom is 0.379 e. The van der Waals surface area contributed by atoms with Crippen molar-refractivity contribution in [1.29, 1.82) is 0 Å². The summed E-state index contributed by atoms with van der Waals surface area (Å²) in [6.45, 7) is 8.88. The van der Waals surface area contributed by atoms with Crippen molar-refractivity contribution < 1.29 is 32.5 Å². The van der Waals surface area contributed by atoms with Crippen molar-refractivity contribution in [3.8, 4) is 5.75 Å². The number of ether oxygens (including phenoxy) is 2. The second-order valence-corrected chi connectivity index (χ2v) is 10.6. The van der Waals surface area contributed by atoms with Gasteiger partial charge in [0.2, 0.25) is 0 Å². The summed E-state index contributed by atoms with van der Waals surface area (Å²) in [6, 6.07) is 3.24. The lowest BCUT2D eigenvalue weighted by atomic mass is 9.74. The summed E-state index contributed by atoms with van der Waals surface area (Å²) >= 11 is -2.06. The molecule has 0 radical (unpaired) electrons. The number of nitro benzene ring substituents is 1. The Hall–Kier alpha value is -1.98. The number of nitrogens with zero attached hydrogens (tertiary/aromatic N) is 1. The summed E-state index contributed by atoms with van der Waals surface area (Å²) in [5.74, 6) is -6.10. The first-order chi connectivity index (χ1) is 13.6. The monoisotopic (exact) mass is 448 g/mol. The maximum atomic E-state index is 15.8. The highest BCUT2D eigenvalue weighted by Gasteiger charge is 2.68. The van der Waals surface area contributed by atoms with Crippen molar-refractivity contribution >= 4 is 23.0 Å². The number of benzene rings is 1. The van der Waals surface area contributed by atoms with Gasteiger partial charge in [0.1, 0.15) is 16.1 Å². The molecule has 30 heavy (non-hydrogen) atoms. The predicted octanol–water partition coefficient (Wildman–Crippen LogP) is 3.60. The first kappa shape index (κ1) is 24.3. The minimum Gasteiger partial charge on any atom is -0.598 e. The third kappa shape index (κ3) is 4.37. The molecule has 0 saturated carbocycles. The summed E-state index contributed by atoms with van der Waals surface area (Å²) in [6.07, 6.45) is -0.498. The average molecular weight is 448 g/mol. The van der Waals surface area contributed by atoms with E-state index in [1.165, 1.54) is 26.8 Å². The Balaban J connectivity index is 2.84. The van der Waals surface area contributed by atoms with Gasteiger partial charge in [-0.15, -0.1) is 4.72 Å². The zero-order chi connectivity index (χ0) is 23.1. The molecule has 0 unspecified atom stereocenters. The minimum atomic E-state index is -4.21. The van der Waals surface area contributed by atoms with Gasteiger partial charge < -0.3 is 14.0 Å². The Morgan fingerprint density at radius 2 is 1.97 bits per heavy atom. The highest BCUT2D eigenvalue weighted by Crippen LogP contribution is 2.53. The Morgan fingerprint density at radius 1 is 1.37 bits per heavy atom. The highest BCUT2D eigenvalue weighted by molar-refractivity contribution is 7.90. The van der Waals surface area contributed by atoms with E-state index < -0.39 is 56.2 Å². The number of fused-ring (bicyclic) bond motifs is 1. The minimum absolute atomic E-state index is 0.0702. The quantitative estimate of drug-likeness (QED) is 0.306. The van der Waals surface area contributed by atoms with Gasteiger partial charge in [-0.1, -0.05) is 0 Å². The zero-order valence-corrected chi connectivity index (χ0v) is 18.5. The van der Waals surface area contributed by atoms with Crippen LogP contribution < -0.4 is 9.46 Å². The normalized spacial score (nSPS) is 21.9. The molecule has 0 fully saturated rings. The molecule has 0 bridgehead atoms. The number of nitro groups is 1. The summed E-state index contributed by atoms with van der Waals surface area (Å²) < 4.78 is 56.3. The van der Waals surface area contributed by atoms with Crippen LogP contribution in [-0.2, 0) is 26.4 Å². The van der Waals surface area contributed by atoms with Gasteiger partial charge in [0.15, 0.2) is 5.54 Å². The molecule has 0 amide bonds. The number of hydrogen-bond donors (Lipinski definition) is 1. The number of nitrogens with one attached hydrogen (secondary N) is 1. The van der Waals surface area contributed by atoms with E-state index >= 15 is 8.78 Å². The number of non-ortho nitro benzene ring substituents is 1. The molecule has 11 heteroatoms. The number of halogens is 2. The summed E-state index contributed by atoms with van der Waals surface area (Å²) in [7, 11) is 0. The number of carbonyl (C=O) groups excluding carboxylic acids is 1. The molecule has 1 aromatic rings. The maximum absolute atomic E-state index is 15.8. The third-order valence-corrected chi connectivity index (χ3v) is 6.25. The fourth-order valence-corrected chi connectivity index (χ4v) is 4.20. The molecule has 1 aliphatic rings. The van der Waals surface area contributed by atoms with E-state index in [0.717, 1.165) is 12.1 Å². The van der Waals surface area contributed by atoms with Crippen molar-refractivity contribution in [2.24, 2.45) is 0 Å². The van der Waals surface area contributed by atoms with Crippen LogP contribution in [0.5, 0.6) is 5.75 Å². The fraction of sp³-hybridized carbons (Fsp3) is 0.632. The van der Waals surface area contributed by atoms with Gasteiger partial charge in [0.25, 0.3) is 5.69 Å². The first-order valence-electron chi connectivity index (χ1n) is 9.30. The Morgan fingerprint density at radius 3 is 2.47 bits per heavy atom. The molecule has 8 nitrogen and oxygen atoms in total. The van der Waals surface area contributed by atoms with Crippen LogP contribution in [0.2, 0.25) is 0 Å². The number of esters is 1. The smallest absolute Gasteiger partial charge is 0.379 e. The van der Waals surface area contributed by atoms with Crippen LogP contribution in [0.4, 0.5) is 14.5 Å². The molecule has 1 N–H and O–H groups in total. The predicted molar refractivity (Wildman–Crippen MR) is 107 cm³/mol. The molecule has 2 atom stereocenters. The van der Waals surface area contributed by atoms with Crippen LogP contribution in [0.3, 0.4) is 0 Å². The van der Waals surface area contributed by atoms with E-state index in [-0.39, 0.29) is 17.9 Å². The summed E-state index contributed by atoms with van der Waals surface area (Å²) in [5, 5.41) is 11.3. The highest BCUT2D eigenvalue weighted by atomic mass is 32.2. The fourth-order valence-electron chi connectivity index (χ4n) is 3.26. The zero-order valence-electron chi connectivity index (χ0n) is 17.7. The van der Waals surface area contributed by atoms with Crippen LogP contribution in [0.1, 0.15) is 53.5 Å². The van der Waals surface area contributed by atoms with Gasteiger partial charge in [0.05, 0.1) is 11.5 Å². The van der Waals surface area contributed by atoms with Gasteiger partial charge in [-0.05, 0) is 47.6 Å². The number of hydrogen-bond acceptors (Lipinski definition) is 7. The van der Waals surface area contributed by atoms with Gasteiger partial charge in [-0.2, -0.15) is 8.78 Å². The summed E-state index contributed by atoms with van der Waals surface area (Å²) in [5.41, 5.74) is -4.58. The Labute approximate surface area is 176 Å². The van der Waals surface area contributed by atoms with E-state index in [4.69, 9.17) is 4.74 Å². The molecule has 1 aromatic carbocycles. The number of alkyl halides is 2. The lowest BCUT2D eigenvalue weighted by molar-refractivity contribution is -0.385. The van der Waals surface area contributed by atoms with E-state index in [1.54, 1.807) is 20.8 Å². The first-order valence-corrected chi connectivity index (χ1v) is 10.4. The van der Waals surface area contributed by atoms with Crippen molar-refractivity contribution in [3.63, 3.8) is 0 Å². The third-order valence-electron chi connectivity index (χ3n) is 4.60. The van der Waals surface area contributed by atoms with Crippen LogP contribution in [-0.4, -0.2) is 38.3 Å². The standard InChI is InChI=1S/C19H26F2N2O6S/c1-7-28-15(24)19(20,21)18(22-30(27)16(2,3)4)11-17(5,6)29-14-9-8-12(23(25)26)10-13(14)18/h8-10,22H,7,11H2,1-6H3/t18-,30-/m1/s1. The van der Waals surface area contributed by atoms with Gasteiger partial charge in [0, 0.05) is 35.5 Å². The van der Waals surface area contributed by atoms with Crippen LogP contribution in [0, 0.1) is 10.1 Å². The van der Waals surface area contributed by atoms with Crippen LogP contribution in [0.15, 0.2) is 18.2 Å². The van der Waals surface area contributed by atoms with Crippen LogP contribution >= 0.6 is 0 Å². The largest absolute Gasteiger partial charge is 0.598 e. The lowest BCUT2D eigenvalue weighted by Crippen LogP contribution is -2.67. The molecule has 0 spiro atoms. The Bertz CT molecular complexity index is 843. The van der Waals surface area contributed by atoms with Gasteiger partial charge >= 0.3 is 11.9 Å². The van der Waals surface area contributed by atoms with Crippen molar-refractivity contribution in [3.05, 3.63) is 33.9 Å². The van der Waals surface area contributed by atoms with Crippen LogP contribution in [0.25, 0.3) is 0 Å². The second-order valence-electron chi connectivity index (χ2n) is 8.66. The molecule has 1 heterocycles. The molecule has 0 aromatic heterocycles. The van der Waals surface area contributed by atoms with Gasteiger partial charge in [-0.3, -0.25) is 10.1 Å². The molecule has 2 rings (SSSR count). The second kappa shape index (κ2) is 7.93. The molecular formula is C19H26F2N2O6S. The molecule has 168 valence electrons. The SMILES string of the molecule is CCOC(=O)C(F)(F)[C@@]1(N[S@+]([O-])C(C)(C)C)CC(C)(C)Oc2ccc([N+](=O)[O-])cc21. The summed E-state index contributed by atoms with van der Waals surface area (Å²) in [4.78, 5) is 22.9. The van der Waals surface area contributed by atoms with E-state index in [9.17, 15) is 19.5 Å². The van der Waals surface area contributed by atoms with E-state index in [1.807, 2.05) is 0 Å². The molecule has 0 saturated heterocycles. The molecule has 0 aliphatic carbocycles. The molecule has 1 aliphatic heterocycles. The van der Waals surface area contributed by atoms with Gasteiger partial charge in [-0.25, -0.2) is 4.79 Å². The lowest BCUT2D eigenvalue weighted by Gasteiger charge is -2.48. The topological polar surface area (TPSA) is 114 Å². The average Bonchev–Trinajstić information content (AvgIpc) is 2.59. The van der Waals surface area contributed by atoms with Crippen molar-refractivity contribution in [2.75, 3.05) is 6.61 Å². The van der Waals surface area contributed by atoms with E-state index in [0.29, 0.717) is 0 Å². The number of rotatable bonds is 6. The number of carbonyl (C=O) groups is 1. The van der Waals surface area contributed by atoms with Crippen molar-refractivity contribution in [1.82, 2.24) is 4.72 Å². The van der Waals surface area contributed by atoms with E-state index in [2.05, 4.69) is 9.46 Å². The Kier molecular flexibility index (Phi) is 6.42. The molecular weight excluding hydrogens is 422 g/mol.